The number of anilines is 1. The van der Waals surface area contributed by atoms with Gasteiger partial charge in [0.2, 0.25) is 0 Å². The summed E-state index contributed by atoms with van der Waals surface area (Å²) in [5.41, 5.74) is 3.61. The number of carbonyl (C=O) groups excluding carboxylic acids is 1. The van der Waals surface area contributed by atoms with Crippen molar-refractivity contribution in [1.29, 1.82) is 0 Å². The fraction of sp³-hybridized carbons (Fsp3) is 0.615. The number of benzene rings is 1. The maximum Gasteiger partial charge on any atom is 0.271 e. The minimum Gasteiger partial charge on any atom is -0.385 e. The van der Waals surface area contributed by atoms with Crippen LogP contribution in [0.15, 0.2) is 23.0 Å². The van der Waals surface area contributed by atoms with Gasteiger partial charge >= 0.3 is 0 Å². The molecule has 8 heteroatoms. The molecule has 1 heterocycles. The summed E-state index contributed by atoms with van der Waals surface area (Å²) >= 11 is 0. The Morgan fingerprint density at radius 2 is 1.91 bits per heavy atom. The number of carbonyl (C=O) groups is 1. The average Bonchev–Trinajstić information content (AvgIpc) is 3.10. The van der Waals surface area contributed by atoms with Gasteiger partial charge in [0.25, 0.3) is 11.5 Å². The molecule has 1 aliphatic carbocycles. The monoisotopic (exact) mass is 473 g/mol. The largest absolute Gasteiger partial charge is 0.385 e. The van der Waals surface area contributed by atoms with E-state index in [1.165, 1.54) is 36.8 Å². The zero-order valence-corrected chi connectivity index (χ0v) is 21.8. The second kappa shape index (κ2) is 14.0. The number of ether oxygens (including phenoxy) is 1. The molecule has 3 N–H and O–H groups in total. The van der Waals surface area contributed by atoms with E-state index < -0.39 is 0 Å². The molecule has 0 atom stereocenters. The number of rotatable bonds is 9. The molecular formula is C26H43N5O3. The Balaban J connectivity index is 0.000000379. The van der Waals surface area contributed by atoms with Crippen molar-refractivity contribution >= 4 is 11.6 Å². The van der Waals surface area contributed by atoms with E-state index in [-0.39, 0.29) is 18.0 Å². The van der Waals surface area contributed by atoms with E-state index in [2.05, 4.69) is 34.7 Å². The molecule has 0 saturated heterocycles. The molecule has 3 rings (SSSR count). The number of nitrogens with one attached hydrogen (secondary N) is 3. The van der Waals surface area contributed by atoms with E-state index in [1.54, 1.807) is 13.2 Å². The first-order chi connectivity index (χ1) is 16.3. The van der Waals surface area contributed by atoms with Crippen LogP contribution < -0.4 is 16.2 Å². The number of nitrogens with zero attached hydrogens (tertiary/aromatic N) is 2. The molecule has 0 bridgehead atoms. The maximum absolute atomic E-state index is 12.5. The van der Waals surface area contributed by atoms with Gasteiger partial charge in [0, 0.05) is 36.6 Å². The van der Waals surface area contributed by atoms with Gasteiger partial charge in [-0.25, -0.2) is 0 Å². The predicted octanol–water partition coefficient (Wildman–Crippen LogP) is 3.68. The van der Waals surface area contributed by atoms with E-state index in [0.29, 0.717) is 24.3 Å². The van der Waals surface area contributed by atoms with Crippen molar-refractivity contribution in [2.75, 3.05) is 39.7 Å². The minimum atomic E-state index is -0.194. The molecule has 1 amide bonds. The molecule has 0 unspecified atom stereocenters. The highest BCUT2D eigenvalue weighted by molar-refractivity contribution is 5.97. The van der Waals surface area contributed by atoms with Crippen molar-refractivity contribution in [2.45, 2.75) is 72.0 Å². The van der Waals surface area contributed by atoms with Crippen LogP contribution in [0.3, 0.4) is 0 Å². The van der Waals surface area contributed by atoms with Crippen LogP contribution in [-0.2, 0) is 17.8 Å². The van der Waals surface area contributed by atoms with Gasteiger partial charge in [0.05, 0.1) is 25.3 Å². The van der Waals surface area contributed by atoms with Gasteiger partial charge in [0.15, 0.2) is 0 Å². The average molecular weight is 474 g/mol. The fourth-order valence-electron chi connectivity index (χ4n) is 4.32. The molecule has 190 valence electrons. The van der Waals surface area contributed by atoms with Crippen molar-refractivity contribution in [2.24, 2.45) is 0 Å². The van der Waals surface area contributed by atoms with Gasteiger partial charge < -0.3 is 20.3 Å². The van der Waals surface area contributed by atoms with Crippen LogP contribution in [0.5, 0.6) is 0 Å². The Morgan fingerprint density at radius 1 is 1.21 bits per heavy atom. The van der Waals surface area contributed by atoms with Crippen LogP contribution in [0.1, 0.15) is 66.2 Å². The zero-order chi connectivity index (χ0) is 25.1. The van der Waals surface area contributed by atoms with Crippen molar-refractivity contribution in [1.82, 2.24) is 20.0 Å². The quantitative estimate of drug-likeness (QED) is 0.517. The van der Waals surface area contributed by atoms with Crippen molar-refractivity contribution in [3.05, 3.63) is 50.9 Å². The van der Waals surface area contributed by atoms with Crippen LogP contribution in [0.25, 0.3) is 0 Å². The van der Waals surface area contributed by atoms with E-state index in [9.17, 15) is 9.59 Å². The highest BCUT2D eigenvalue weighted by Gasteiger charge is 2.15. The first-order valence-electron chi connectivity index (χ1n) is 12.3. The molecule has 0 aliphatic heterocycles. The summed E-state index contributed by atoms with van der Waals surface area (Å²) in [6.07, 6.45) is 7.20. The first-order valence-corrected chi connectivity index (χ1v) is 12.3. The topological polar surface area (TPSA) is 91.4 Å². The van der Waals surface area contributed by atoms with Crippen LogP contribution in [0.2, 0.25) is 0 Å². The molecule has 2 aromatic rings. The number of aromatic nitrogens is 2. The standard InChI is InChI=1S/C18H26N4O3.C8H17N/c1-5-19-16-8-6-7-14(12(16)2)17(23)20-11-15-13(3)21-22(18(15)24)9-10-25-4;1-9(2)8-6-4-3-5-7-8/h6-8,19,21H,5,9-11H2,1-4H3,(H,20,23);8H,3-7H2,1-2H3. The van der Waals surface area contributed by atoms with Crippen LogP contribution >= 0.6 is 0 Å². The smallest absolute Gasteiger partial charge is 0.271 e. The number of H-pyrrole nitrogens is 1. The van der Waals surface area contributed by atoms with Gasteiger partial charge in [-0.15, -0.1) is 0 Å². The summed E-state index contributed by atoms with van der Waals surface area (Å²) in [6, 6.07) is 6.46. The Labute approximate surface area is 204 Å². The van der Waals surface area contributed by atoms with E-state index >= 15 is 0 Å². The van der Waals surface area contributed by atoms with Crippen LogP contribution in [-0.4, -0.2) is 61.0 Å². The van der Waals surface area contributed by atoms with E-state index in [0.717, 1.165) is 29.5 Å². The Bertz CT molecular complexity index is 958. The molecule has 34 heavy (non-hydrogen) atoms. The molecule has 1 saturated carbocycles. The molecule has 1 fully saturated rings. The van der Waals surface area contributed by atoms with Crippen molar-refractivity contribution in [3.63, 3.8) is 0 Å². The van der Waals surface area contributed by atoms with Gasteiger partial charge in [-0.3, -0.25) is 19.4 Å². The second-order valence-corrected chi connectivity index (χ2v) is 9.11. The number of aromatic amines is 1. The van der Waals surface area contributed by atoms with Crippen molar-refractivity contribution < 1.29 is 9.53 Å². The maximum atomic E-state index is 12.5. The Hall–Kier alpha value is -2.58. The third-order valence-corrected chi connectivity index (χ3v) is 6.45. The zero-order valence-electron chi connectivity index (χ0n) is 21.8. The number of hydrogen-bond acceptors (Lipinski definition) is 5. The van der Waals surface area contributed by atoms with Crippen molar-refractivity contribution in [3.8, 4) is 0 Å². The van der Waals surface area contributed by atoms with E-state index in [1.807, 2.05) is 32.9 Å². The van der Waals surface area contributed by atoms with Gasteiger partial charge in [0.1, 0.15) is 0 Å². The SMILES string of the molecule is CCNc1cccc(C(=O)NCc2c(C)[nH]n(CCOC)c2=O)c1C.CN(C)C1CCCCC1. The lowest BCUT2D eigenvalue weighted by Gasteiger charge is -2.27. The molecule has 1 aromatic carbocycles. The van der Waals surface area contributed by atoms with Crippen LogP contribution in [0.4, 0.5) is 5.69 Å². The lowest BCUT2D eigenvalue weighted by molar-refractivity contribution is 0.0950. The van der Waals surface area contributed by atoms with Crippen LogP contribution in [0, 0.1) is 13.8 Å². The summed E-state index contributed by atoms with van der Waals surface area (Å²) in [5.74, 6) is -0.194. The lowest BCUT2D eigenvalue weighted by atomic mass is 9.95. The summed E-state index contributed by atoms with van der Waals surface area (Å²) in [6.45, 7) is 7.61. The predicted molar refractivity (Wildman–Crippen MR) is 139 cm³/mol. The second-order valence-electron chi connectivity index (χ2n) is 9.11. The number of methoxy groups -OCH3 is 1. The van der Waals surface area contributed by atoms with Gasteiger partial charge in [-0.1, -0.05) is 25.3 Å². The summed E-state index contributed by atoms with van der Waals surface area (Å²) < 4.78 is 6.49. The molecule has 0 radical (unpaired) electrons. The number of aryl methyl sites for hydroxylation is 1. The third kappa shape index (κ3) is 7.74. The summed E-state index contributed by atoms with van der Waals surface area (Å²) in [5, 5.41) is 9.09. The molecule has 0 spiro atoms. The van der Waals surface area contributed by atoms with E-state index in [4.69, 9.17) is 4.74 Å². The Morgan fingerprint density at radius 3 is 2.50 bits per heavy atom. The number of hydrogen-bond donors (Lipinski definition) is 3. The first kappa shape index (κ1) is 27.7. The lowest BCUT2D eigenvalue weighted by Crippen LogP contribution is -2.29. The molecule has 8 nitrogen and oxygen atoms in total. The Kier molecular flexibility index (Phi) is 11.4. The normalized spacial score (nSPS) is 14.0. The summed E-state index contributed by atoms with van der Waals surface area (Å²) in [4.78, 5) is 27.2. The third-order valence-electron chi connectivity index (χ3n) is 6.45. The molecular weight excluding hydrogens is 430 g/mol. The van der Waals surface area contributed by atoms with Gasteiger partial charge in [-0.2, -0.15) is 0 Å². The molecule has 1 aliphatic rings. The van der Waals surface area contributed by atoms with Gasteiger partial charge in [-0.05, 0) is 65.4 Å². The minimum absolute atomic E-state index is 0.132. The highest BCUT2D eigenvalue weighted by Crippen LogP contribution is 2.20. The fourth-order valence-corrected chi connectivity index (χ4v) is 4.32. The molecule has 1 aromatic heterocycles. The number of amides is 1. The highest BCUT2D eigenvalue weighted by atomic mass is 16.5. The summed E-state index contributed by atoms with van der Waals surface area (Å²) in [7, 11) is 5.97.